The second kappa shape index (κ2) is 8.64. The van der Waals surface area contributed by atoms with Crippen molar-refractivity contribution in [3.05, 3.63) is 34.4 Å². The molecule has 0 amide bonds. The van der Waals surface area contributed by atoms with Crippen LogP contribution in [0.15, 0.2) is 17.3 Å². The van der Waals surface area contributed by atoms with Gasteiger partial charge in [-0.05, 0) is 37.5 Å². The van der Waals surface area contributed by atoms with E-state index < -0.39 is 0 Å². The molecule has 0 atom stereocenters. The molecule has 1 aromatic carbocycles. The second-order valence-corrected chi connectivity index (χ2v) is 5.49. The lowest BCUT2D eigenvalue weighted by Gasteiger charge is -2.24. The molecule has 5 heteroatoms. The van der Waals surface area contributed by atoms with Crippen LogP contribution in [-0.4, -0.2) is 42.7 Å². The molecule has 3 N–H and O–H groups in total. The molecule has 0 unspecified atom stereocenters. The third-order valence-corrected chi connectivity index (χ3v) is 3.65. The van der Waals surface area contributed by atoms with Crippen LogP contribution in [0.5, 0.6) is 0 Å². The first-order valence-electron chi connectivity index (χ1n) is 7.22. The van der Waals surface area contributed by atoms with Gasteiger partial charge in [-0.15, -0.1) is 0 Å². The maximum Gasteiger partial charge on any atom is 0.140 e. The van der Waals surface area contributed by atoms with Gasteiger partial charge in [0.2, 0.25) is 0 Å². The molecule has 118 valence electrons. The molecule has 5 nitrogen and oxygen atoms in total. The van der Waals surface area contributed by atoms with Crippen LogP contribution in [0.2, 0.25) is 0 Å². The molecule has 1 aromatic rings. The highest BCUT2D eigenvalue weighted by atomic mass is 16.5. The van der Waals surface area contributed by atoms with E-state index in [9.17, 15) is 0 Å². The zero-order valence-electron chi connectivity index (χ0n) is 13.5. The van der Waals surface area contributed by atoms with Crippen LogP contribution >= 0.6 is 0 Å². The summed E-state index contributed by atoms with van der Waals surface area (Å²) >= 11 is 0. The van der Waals surface area contributed by atoms with Crippen molar-refractivity contribution in [1.29, 1.82) is 0 Å². The minimum Gasteiger partial charge on any atom is -0.409 e. The summed E-state index contributed by atoms with van der Waals surface area (Å²) in [4.78, 5) is 2.27. The van der Waals surface area contributed by atoms with E-state index in [4.69, 9.17) is 15.7 Å². The van der Waals surface area contributed by atoms with Gasteiger partial charge in [0.1, 0.15) is 5.84 Å². The molecule has 21 heavy (non-hydrogen) atoms. The largest absolute Gasteiger partial charge is 0.409 e. The Labute approximate surface area is 127 Å². The highest BCUT2D eigenvalue weighted by molar-refractivity contribution is 5.79. The van der Waals surface area contributed by atoms with Crippen molar-refractivity contribution in [3.8, 4) is 0 Å². The standard InChI is InChI=1S/C16H27N3O2/c1-12-9-13(2)15(14(3)10-12)11-19(7-8-21-4)6-5-16(17)18-20/h9-10,20H,5-8,11H2,1-4H3,(H2,17,18). The lowest BCUT2D eigenvalue weighted by atomic mass is 9.99. The Morgan fingerprint density at radius 3 is 2.38 bits per heavy atom. The van der Waals surface area contributed by atoms with Crippen LogP contribution in [0.25, 0.3) is 0 Å². The van der Waals surface area contributed by atoms with Crippen molar-refractivity contribution in [2.45, 2.75) is 33.7 Å². The molecule has 0 saturated heterocycles. The van der Waals surface area contributed by atoms with Gasteiger partial charge in [0, 0.05) is 33.2 Å². The van der Waals surface area contributed by atoms with E-state index in [1.165, 1.54) is 22.3 Å². The fraction of sp³-hybridized carbons (Fsp3) is 0.562. The van der Waals surface area contributed by atoms with Gasteiger partial charge in [-0.2, -0.15) is 0 Å². The van der Waals surface area contributed by atoms with Crippen LogP contribution in [0, 0.1) is 20.8 Å². The molecule has 0 heterocycles. The number of ether oxygens (including phenoxy) is 1. The Hall–Kier alpha value is -1.59. The molecular weight excluding hydrogens is 266 g/mol. The first-order chi connectivity index (χ1) is 9.97. The lowest BCUT2D eigenvalue weighted by molar-refractivity contribution is 0.145. The molecule has 0 aliphatic carbocycles. The summed E-state index contributed by atoms with van der Waals surface area (Å²) in [5.41, 5.74) is 10.8. The second-order valence-electron chi connectivity index (χ2n) is 5.49. The molecular formula is C16H27N3O2. The number of nitrogens with two attached hydrogens (primary N) is 1. The number of hydrogen-bond acceptors (Lipinski definition) is 4. The summed E-state index contributed by atoms with van der Waals surface area (Å²) in [6.45, 7) is 9.49. The Bertz CT molecular complexity index is 463. The quantitative estimate of drug-likeness (QED) is 0.333. The van der Waals surface area contributed by atoms with Crippen molar-refractivity contribution < 1.29 is 9.94 Å². The highest BCUT2D eigenvalue weighted by Gasteiger charge is 2.11. The van der Waals surface area contributed by atoms with Crippen LogP contribution in [0.4, 0.5) is 0 Å². The topological polar surface area (TPSA) is 71.1 Å². The summed E-state index contributed by atoms with van der Waals surface area (Å²) < 4.78 is 5.17. The molecule has 1 rings (SSSR count). The van der Waals surface area contributed by atoms with E-state index in [0.717, 1.165) is 19.6 Å². The van der Waals surface area contributed by atoms with E-state index in [1.807, 2.05) is 0 Å². The fourth-order valence-corrected chi connectivity index (χ4v) is 2.50. The highest BCUT2D eigenvalue weighted by Crippen LogP contribution is 2.18. The van der Waals surface area contributed by atoms with Gasteiger partial charge < -0.3 is 15.7 Å². The van der Waals surface area contributed by atoms with Gasteiger partial charge in [-0.25, -0.2) is 0 Å². The Morgan fingerprint density at radius 1 is 1.24 bits per heavy atom. The molecule has 0 bridgehead atoms. The zero-order valence-corrected chi connectivity index (χ0v) is 13.5. The summed E-state index contributed by atoms with van der Waals surface area (Å²) in [5, 5.41) is 11.7. The molecule has 0 saturated carbocycles. The van der Waals surface area contributed by atoms with Gasteiger partial charge in [0.25, 0.3) is 0 Å². The maximum atomic E-state index is 8.65. The number of nitrogens with zero attached hydrogens (tertiary/aromatic N) is 2. The average molecular weight is 293 g/mol. The molecule has 0 aliphatic rings. The number of amidine groups is 1. The Kier molecular flexibility index (Phi) is 7.19. The van der Waals surface area contributed by atoms with E-state index in [0.29, 0.717) is 13.0 Å². The van der Waals surface area contributed by atoms with Gasteiger partial charge >= 0.3 is 0 Å². The third-order valence-electron chi connectivity index (χ3n) is 3.65. The predicted molar refractivity (Wildman–Crippen MR) is 85.8 cm³/mol. The summed E-state index contributed by atoms with van der Waals surface area (Å²) in [6, 6.07) is 4.42. The number of rotatable bonds is 8. The minimum atomic E-state index is 0.259. The van der Waals surface area contributed by atoms with Crippen LogP contribution in [0.1, 0.15) is 28.7 Å². The fourth-order valence-electron chi connectivity index (χ4n) is 2.50. The smallest absolute Gasteiger partial charge is 0.140 e. The monoisotopic (exact) mass is 293 g/mol. The van der Waals surface area contributed by atoms with E-state index in [-0.39, 0.29) is 5.84 Å². The number of aryl methyl sites for hydroxylation is 3. The number of hydrogen-bond donors (Lipinski definition) is 2. The normalized spacial score (nSPS) is 12.1. The van der Waals surface area contributed by atoms with Crippen LogP contribution < -0.4 is 5.73 Å². The summed E-state index contributed by atoms with van der Waals surface area (Å²) in [5.74, 6) is 0.259. The minimum absolute atomic E-state index is 0.259. The van der Waals surface area contributed by atoms with E-state index in [1.54, 1.807) is 7.11 Å². The average Bonchev–Trinajstić information content (AvgIpc) is 2.44. The zero-order chi connectivity index (χ0) is 15.8. The first-order valence-corrected chi connectivity index (χ1v) is 7.22. The molecule has 0 radical (unpaired) electrons. The van der Waals surface area contributed by atoms with Crippen LogP contribution in [-0.2, 0) is 11.3 Å². The van der Waals surface area contributed by atoms with Crippen molar-refractivity contribution >= 4 is 5.84 Å². The van der Waals surface area contributed by atoms with Crippen molar-refractivity contribution in [3.63, 3.8) is 0 Å². The van der Waals surface area contributed by atoms with Crippen LogP contribution in [0.3, 0.4) is 0 Å². The summed E-state index contributed by atoms with van der Waals surface area (Å²) in [7, 11) is 1.70. The predicted octanol–water partition coefficient (Wildman–Crippen LogP) is 2.20. The van der Waals surface area contributed by atoms with Gasteiger partial charge in [-0.3, -0.25) is 4.90 Å². The third kappa shape index (κ3) is 5.73. The SMILES string of the molecule is COCCN(CCC(N)=NO)Cc1c(C)cc(C)cc1C. The molecule has 0 aliphatic heterocycles. The first kappa shape index (κ1) is 17.5. The molecule has 0 spiro atoms. The van der Waals surface area contributed by atoms with Gasteiger partial charge in [0.15, 0.2) is 0 Å². The summed E-state index contributed by atoms with van der Waals surface area (Å²) in [6.07, 6.45) is 0.546. The lowest BCUT2D eigenvalue weighted by Crippen LogP contribution is -2.31. The molecule has 0 fully saturated rings. The number of methoxy groups -OCH3 is 1. The maximum absolute atomic E-state index is 8.65. The van der Waals surface area contributed by atoms with E-state index >= 15 is 0 Å². The van der Waals surface area contributed by atoms with Crippen molar-refractivity contribution in [2.24, 2.45) is 10.9 Å². The van der Waals surface area contributed by atoms with Gasteiger partial charge in [-0.1, -0.05) is 22.9 Å². The van der Waals surface area contributed by atoms with Crippen molar-refractivity contribution in [2.75, 3.05) is 26.8 Å². The van der Waals surface area contributed by atoms with Crippen molar-refractivity contribution in [1.82, 2.24) is 4.90 Å². The van der Waals surface area contributed by atoms with Gasteiger partial charge in [0.05, 0.1) is 6.61 Å². The Morgan fingerprint density at radius 2 is 1.86 bits per heavy atom. The number of oxime groups is 1. The Balaban J connectivity index is 2.80. The van der Waals surface area contributed by atoms with E-state index in [2.05, 4.69) is 43.0 Å². The molecule has 0 aromatic heterocycles. The number of benzene rings is 1.